The Morgan fingerprint density at radius 1 is 0.611 bits per heavy atom. The summed E-state index contributed by atoms with van der Waals surface area (Å²) in [7, 11) is 0. The van der Waals surface area contributed by atoms with Gasteiger partial charge >= 0.3 is 0 Å². The molecule has 0 amide bonds. The number of ketones is 3. The van der Waals surface area contributed by atoms with E-state index in [1.165, 1.54) is 0 Å². The van der Waals surface area contributed by atoms with Crippen molar-refractivity contribution in [1.82, 2.24) is 0 Å². The molecule has 18 heavy (non-hydrogen) atoms. The van der Waals surface area contributed by atoms with Crippen molar-refractivity contribution >= 4 is 17.3 Å². The number of hydrogen-bond donors (Lipinski definition) is 0. The standard InChI is InChI=1S/C15H26O3/c1-14(2,3)12(17)9-7-11(16)8-10-13(18)15(4,5)6/h7-10H2,1-6H3. The minimum absolute atomic E-state index is 0.00481. The molecule has 0 saturated heterocycles. The summed E-state index contributed by atoms with van der Waals surface area (Å²) in [6.07, 6.45) is 1.08. The van der Waals surface area contributed by atoms with Crippen LogP contribution in [0.4, 0.5) is 0 Å². The van der Waals surface area contributed by atoms with E-state index in [1.807, 2.05) is 41.5 Å². The Morgan fingerprint density at radius 2 is 0.889 bits per heavy atom. The number of Topliss-reactive ketones (excluding diaryl/α,β-unsaturated/α-hetero) is 3. The highest BCUT2D eigenvalue weighted by Crippen LogP contribution is 2.20. The Bertz CT molecular complexity index is 295. The van der Waals surface area contributed by atoms with E-state index in [-0.39, 0.29) is 53.9 Å². The van der Waals surface area contributed by atoms with Gasteiger partial charge in [-0.3, -0.25) is 14.4 Å². The molecule has 3 nitrogen and oxygen atoms in total. The molecule has 0 heterocycles. The van der Waals surface area contributed by atoms with Crippen molar-refractivity contribution in [3.8, 4) is 0 Å². The van der Waals surface area contributed by atoms with E-state index in [4.69, 9.17) is 0 Å². The van der Waals surface area contributed by atoms with Gasteiger partial charge in [-0.2, -0.15) is 0 Å². The molecule has 0 N–H and O–H groups in total. The number of carbonyl (C=O) groups excluding carboxylic acids is 3. The normalized spacial score (nSPS) is 12.3. The fraction of sp³-hybridized carbons (Fsp3) is 0.800. The van der Waals surface area contributed by atoms with Crippen molar-refractivity contribution in [2.45, 2.75) is 67.2 Å². The van der Waals surface area contributed by atoms with Gasteiger partial charge in [-0.15, -0.1) is 0 Å². The van der Waals surface area contributed by atoms with E-state index in [0.29, 0.717) is 0 Å². The van der Waals surface area contributed by atoms with Gasteiger partial charge in [0.2, 0.25) is 0 Å². The lowest BCUT2D eigenvalue weighted by atomic mass is 9.86. The second-order valence-electron chi connectivity index (χ2n) is 6.89. The van der Waals surface area contributed by atoms with E-state index in [1.54, 1.807) is 0 Å². The Kier molecular flexibility index (Phi) is 5.91. The molecule has 0 aromatic carbocycles. The second-order valence-corrected chi connectivity index (χ2v) is 6.89. The van der Waals surface area contributed by atoms with E-state index in [9.17, 15) is 14.4 Å². The molecule has 0 aliphatic heterocycles. The first kappa shape index (κ1) is 17.0. The Labute approximate surface area is 110 Å². The van der Waals surface area contributed by atoms with Crippen LogP contribution in [0, 0.1) is 10.8 Å². The Balaban J connectivity index is 4.01. The molecule has 0 aromatic rings. The third kappa shape index (κ3) is 6.67. The van der Waals surface area contributed by atoms with Crippen LogP contribution in [0.25, 0.3) is 0 Å². The molecule has 0 unspecified atom stereocenters. The summed E-state index contributed by atoms with van der Waals surface area (Å²) in [5.41, 5.74) is -0.775. The summed E-state index contributed by atoms with van der Waals surface area (Å²) in [6.45, 7) is 11.1. The van der Waals surface area contributed by atoms with Crippen LogP contribution >= 0.6 is 0 Å². The molecule has 0 aliphatic carbocycles. The molecular weight excluding hydrogens is 228 g/mol. The summed E-state index contributed by atoms with van der Waals surface area (Å²) in [4.78, 5) is 34.9. The lowest BCUT2D eigenvalue weighted by Crippen LogP contribution is -2.22. The molecule has 104 valence electrons. The zero-order chi connectivity index (χ0) is 14.6. The van der Waals surface area contributed by atoms with Gasteiger partial charge in [0.1, 0.15) is 17.3 Å². The van der Waals surface area contributed by atoms with E-state index in [0.717, 1.165) is 0 Å². The topological polar surface area (TPSA) is 51.2 Å². The number of rotatable bonds is 6. The Hall–Kier alpha value is -0.990. The minimum atomic E-state index is -0.387. The van der Waals surface area contributed by atoms with Crippen LogP contribution < -0.4 is 0 Å². The summed E-state index contributed by atoms with van der Waals surface area (Å²) in [5, 5.41) is 0. The first-order valence-corrected chi connectivity index (χ1v) is 6.53. The van der Waals surface area contributed by atoms with Gasteiger partial charge in [-0.1, -0.05) is 41.5 Å². The lowest BCUT2D eigenvalue weighted by molar-refractivity contribution is -0.130. The van der Waals surface area contributed by atoms with Crippen LogP contribution in [0.1, 0.15) is 67.2 Å². The highest BCUT2D eigenvalue weighted by molar-refractivity contribution is 5.91. The zero-order valence-electron chi connectivity index (χ0n) is 12.6. The van der Waals surface area contributed by atoms with Crippen LogP contribution in [-0.4, -0.2) is 17.3 Å². The average Bonchev–Trinajstić information content (AvgIpc) is 2.19. The molecule has 0 fully saturated rings. The first-order chi connectivity index (χ1) is 7.94. The first-order valence-electron chi connectivity index (χ1n) is 6.53. The largest absolute Gasteiger partial charge is 0.300 e. The highest BCUT2D eigenvalue weighted by Gasteiger charge is 2.23. The van der Waals surface area contributed by atoms with E-state index < -0.39 is 0 Å². The SMILES string of the molecule is CC(C)(C)C(=O)CCC(=O)CCC(=O)C(C)(C)C. The van der Waals surface area contributed by atoms with E-state index in [2.05, 4.69) is 0 Å². The van der Waals surface area contributed by atoms with Crippen LogP contribution in [0.3, 0.4) is 0 Å². The number of hydrogen-bond acceptors (Lipinski definition) is 3. The van der Waals surface area contributed by atoms with Crippen molar-refractivity contribution in [1.29, 1.82) is 0 Å². The minimum Gasteiger partial charge on any atom is -0.300 e. The van der Waals surface area contributed by atoms with E-state index >= 15 is 0 Å². The molecule has 0 radical (unpaired) electrons. The van der Waals surface area contributed by atoms with Gasteiger partial charge in [-0.05, 0) is 0 Å². The molecule has 0 aliphatic rings. The van der Waals surface area contributed by atoms with Gasteiger partial charge in [0.15, 0.2) is 0 Å². The van der Waals surface area contributed by atoms with Gasteiger partial charge in [0.25, 0.3) is 0 Å². The molecule has 0 saturated carbocycles. The fourth-order valence-corrected chi connectivity index (χ4v) is 1.38. The number of carbonyl (C=O) groups is 3. The summed E-state index contributed by atoms with van der Waals surface area (Å²) >= 11 is 0. The zero-order valence-corrected chi connectivity index (χ0v) is 12.6. The molecule has 0 spiro atoms. The lowest BCUT2D eigenvalue weighted by Gasteiger charge is -2.17. The molecule has 0 bridgehead atoms. The third-order valence-corrected chi connectivity index (χ3v) is 2.93. The summed E-state index contributed by atoms with van der Waals surface area (Å²) in [5.74, 6) is 0.196. The molecular formula is C15H26O3. The highest BCUT2D eigenvalue weighted by atomic mass is 16.1. The van der Waals surface area contributed by atoms with Crippen molar-refractivity contribution in [2.24, 2.45) is 10.8 Å². The summed E-state index contributed by atoms with van der Waals surface area (Å²) in [6, 6.07) is 0. The van der Waals surface area contributed by atoms with Gasteiger partial charge in [-0.25, -0.2) is 0 Å². The van der Waals surface area contributed by atoms with Gasteiger partial charge in [0, 0.05) is 36.5 Å². The molecule has 0 atom stereocenters. The van der Waals surface area contributed by atoms with Crippen molar-refractivity contribution in [3.63, 3.8) is 0 Å². The second kappa shape index (κ2) is 6.26. The Morgan fingerprint density at radius 3 is 1.11 bits per heavy atom. The van der Waals surface area contributed by atoms with Crippen molar-refractivity contribution in [3.05, 3.63) is 0 Å². The monoisotopic (exact) mass is 254 g/mol. The third-order valence-electron chi connectivity index (χ3n) is 2.93. The quantitative estimate of drug-likeness (QED) is 0.730. The van der Waals surface area contributed by atoms with Crippen molar-refractivity contribution in [2.75, 3.05) is 0 Å². The van der Waals surface area contributed by atoms with Gasteiger partial charge < -0.3 is 0 Å². The average molecular weight is 254 g/mol. The van der Waals surface area contributed by atoms with Gasteiger partial charge in [0.05, 0.1) is 0 Å². The summed E-state index contributed by atoms with van der Waals surface area (Å²) < 4.78 is 0. The van der Waals surface area contributed by atoms with Crippen LogP contribution in [0.2, 0.25) is 0 Å². The molecule has 0 rings (SSSR count). The van der Waals surface area contributed by atoms with Crippen molar-refractivity contribution < 1.29 is 14.4 Å². The fourth-order valence-electron chi connectivity index (χ4n) is 1.38. The molecule has 0 aromatic heterocycles. The maximum Gasteiger partial charge on any atom is 0.138 e. The predicted molar refractivity (Wildman–Crippen MR) is 72.4 cm³/mol. The predicted octanol–water partition coefficient (Wildman–Crippen LogP) is 3.35. The van der Waals surface area contributed by atoms with Crippen LogP contribution in [0.15, 0.2) is 0 Å². The maximum absolute atomic E-state index is 11.6. The van der Waals surface area contributed by atoms with Crippen LogP contribution in [0.5, 0.6) is 0 Å². The van der Waals surface area contributed by atoms with Crippen LogP contribution in [-0.2, 0) is 14.4 Å². The molecule has 3 heteroatoms. The smallest absolute Gasteiger partial charge is 0.138 e. The maximum atomic E-state index is 11.6.